The summed E-state index contributed by atoms with van der Waals surface area (Å²) in [4.78, 5) is 31.4. The zero-order valence-corrected chi connectivity index (χ0v) is 15.9. The van der Waals surface area contributed by atoms with Gasteiger partial charge in [0.05, 0.1) is 16.6 Å². The lowest BCUT2D eigenvalue weighted by molar-refractivity contribution is 0.0639. The van der Waals surface area contributed by atoms with Gasteiger partial charge in [-0.25, -0.2) is 9.18 Å². The molecule has 1 aliphatic rings. The predicted molar refractivity (Wildman–Crippen MR) is 108 cm³/mol. The van der Waals surface area contributed by atoms with Crippen molar-refractivity contribution in [3.63, 3.8) is 0 Å². The average molecular weight is 395 g/mol. The van der Waals surface area contributed by atoms with Gasteiger partial charge in [-0.3, -0.25) is 9.69 Å². The van der Waals surface area contributed by atoms with Crippen LogP contribution in [-0.2, 0) is 6.42 Å². The molecular formula is C22H22FN3O3. The van der Waals surface area contributed by atoms with Gasteiger partial charge >= 0.3 is 5.97 Å². The van der Waals surface area contributed by atoms with Crippen molar-refractivity contribution in [3.8, 4) is 0 Å². The van der Waals surface area contributed by atoms with Gasteiger partial charge in [-0.05, 0) is 30.2 Å². The number of fused-ring (bicyclic) bond motifs is 1. The fourth-order valence-electron chi connectivity index (χ4n) is 3.79. The van der Waals surface area contributed by atoms with Gasteiger partial charge in [0.1, 0.15) is 5.82 Å². The third kappa shape index (κ3) is 4.00. The molecule has 0 bridgehead atoms. The molecule has 0 unspecified atom stereocenters. The second-order valence-corrected chi connectivity index (χ2v) is 7.25. The van der Waals surface area contributed by atoms with E-state index in [9.17, 15) is 19.1 Å². The zero-order valence-electron chi connectivity index (χ0n) is 15.9. The van der Waals surface area contributed by atoms with Crippen molar-refractivity contribution in [1.82, 2.24) is 14.8 Å². The number of hydrogen-bond acceptors (Lipinski definition) is 3. The molecule has 0 spiro atoms. The highest BCUT2D eigenvalue weighted by Crippen LogP contribution is 2.23. The van der Waals surface area contributed by atoms with Crippen LogP contribution in [0.2, 0.25) is 0 Å². The molecule has 2 N–H and O–H groups in total. The van der Waals surface area contributed by atoms with Crippen molar-refractivity contribution in [2.75, 3.05) is 32.7 Å². The Labute approximate surface area is 167 Å². The maximum atomic E-state index is 13.0. The van der Waals surface area contributed by atoms with Gasteiger partial charge < -0.3 is 15.0 Å². The van der Waals surface area contributed by atoms with Crippen LogP contribution in [0.4, 0.5) is 4.39 Å². The Hall–Kier alpha value is -3.19. The SMILES string of the molecule is O=C(O)c1c[nH]c2c(C(=O)N3CCN(CCc4ccc(F)cc4)CC3)cccc12. The molecule has 3 aromatic rings. The second-order valence-electron chi connectivity index (χ2n) is 7.25. The molecule has 0 aliphatic carbocycles. The summed E-state index contributed by atoms with van der Waals surface area (Å²) in [5.41, 5.74) is 2.32. The van der Waals surface area contributed by atoms with Crippen LogP contribution in [0.15, 0.2) is 48.7 Å². The standard InChI is InChI=1S/C22H22FN3O3/c23-16-6-4-15(5-7-16)8-9-25-10-12-26(13-11-25)21(27)18-3-1-2-17-19(22(28)29)14-24-20(17)18/h1-7,14,24H,8-13H2,(H,28,29). The molecule has 1 aliphatic heterocycles. The van der Waals surface area contributed by atoms with Crippen molar-refractivity contribution in [2.45, 2.75) is 6.42 Å². The Bertz CT molecular complexity index is 1040. The number of carbonyl (C=O) groups excluding carboxylic acids is 1. The lowest BCUT2D eigenvalue weighted by Gasteiger charge is -2.34. The molecule has 29 heavy (non-hydrogen) atoms. The van der Waals surface area contributed by atoms with E-state index in [1.54, 1.807) is 30.3 Å². The number of aromatic carboxylic acids is 1. The summed E-state index contributed by atoms with van der Waals surface area (Å²) in [7, 11) is 0. The molecule has 4 rings (SSSR count). The molecule has 0 radical (unpaired) electrons. The van der Waals surface area contributed by atoms with Crippen LogP contribution in [-0.4, -0.2) is 64.5 Å². The number of aromatic nitrogens is 1. The topological polar surface area (TPSA) is 76.6 Å². The van der Waals surface area contributed by atoms with E-state index < -0.39 is 5.97 Å². The third-order valence-corrected chi connectivity index (χ3v) is 5.47. The number of nitrogens with one attached hydrogen (secondary N) is 1. The van der Waals surface area contributed by atoms with Crippen LogP contribution in [0.25, 0.3) is 10.9 Å². The first-order valence-electron chi connectivity index (χ1n) is 9.62. The maximum Gasteiger partial charge on any atom is 0.337 e. The first-order valence-corrected chi connectivity index (χ1v) is 9.62. The Morgan fingerprint density at radius 3 is 2.41 bits per heavy atom. The summed E-state index contributed by atoms with van der Waals surface area (Å²) in [5, 5.41) is 9.83. The molecule has 1 fully saturated rings. The van der Waals surface area contributed by atoms with E-state index in [1.165, 1.54) is 18.3 Å². The number of carboxylic acid groups (broad SMARTS) is 1. The number of halogens is 1. The highest BCUT2D eigenvalue weighted by Gasteiger charge is 2.24. The summed E-state index contributed by atoms with van der Waals surface area (Å²) in [6.07, 6.45) is 2.27. The normalized spacial score (nSPS) is 15.0. The number of hydrogen-bond donors (Lipinski definition) is 2. The number of amides is 1. The van der Waals surface area contributed by atoms with E-state index in [4.69, 9.17) is 0 Å². The monoisotopic (exact) mass is 395 g/mol. The molecule has 7 heteroatoms. The van der Waals surface area contributed by atoms with Gasteiger partial charge in [0.15, 0.2) is 0 Å². The van der Waals surface area contributed by atoms with Crippen molar-refractivity contribution in [3.05, 3.63) is 71.2 Å². The lowest BCUT2D eigenvalue weighted by atomic mass is 10.1. The quantitative estimate of drug-likeness (QED) is 0.696. The van der Waals surface area contributed by atoms with Crippen LogP contribution in [0.1, 0.15) is 26.3 Å². The molecule has 1 aromatic heterocycles. The summed E-state index contributed by atoms with van der Waals surface area (Å²) >= 11 is 0. The first kappa shape index (κ1) is 19.1. The van der Waals surface area contributed by atoms with E-state index in [-0.39, 0.29) is 17.3 Å². The minimum absolute atomic E-state index is 0.0902. The maximum absolute atomic E-state index is 13.0. The minimum atomic E-state index is -1.02. The van der Waals surface area contributed by atoms with Gasteiger partial charge in [-0.2, -0.15) is 0 Å². The van der Waals surface area contributed by atoms with E-state index in [1.807, 2.05) is 4.90 Å². The summed E-state index contributed by atoms with van der Waals surface area (Å²) in [6, 6.07) is 11.7. The highest BCUT2D eigenvalue weighted by atomic mass is 19.1. The zero-order chi connectivity index (χ0) is 20.4. The molecule has 1 amide bonds. The van der Waals surface area contributed by atoms with Crippen LogP contribution in [0.3, 0.4) is 0 Å². The smallest absolute Gasteiger partial charge is 0.337 e. The third-order valence-electron chi connectivity index (χ3n) is 5.47. The molecule has 0 atom stereocenters. The van der Waals surface area contributed by atoms with E-state index in [0.29, 0.717) is 29.6 Å². The molecule has 2 aromatic carbocycles. The van der Waals surface area contributed by atoms with E-state index in [0.717, 1.165) is 31.6 Å². The number of para-hydroxylation sites is 1. The van der Waals surface area contributed by atoms with E-state index in [2.05, 4.69) is 9.88 Å². The largest absolute Gasteiger partial charge is 0.478 e. The Kier molecular flexibility index (Phi) is 5.31. The lowest BCUT2D eigenvalue weighted by Crippen LogP contribution is -2.49. The van der Waals surface area contributed by atoms with Crippen LogP contribution in [0, 0.1) is 5.82 Å². The van der Waals surface area contributed by atoms with Crippen molar-refractivity contribution in [1.29, 1.82) is 0 Å². The fourth-order valence-corrected chi connectivity index (χ4v) is 3.79. The average Bonchev–Trinajstić information content (AvgIpc) is 3.18. The van der Waals surface area contributed by atoms with Crippen LogP contribution < -0.4 is 0 Å². The molecular weight excluding hydrogens is 373 g/mol. The second kappa shape index (κ2) is 8.05. The predicted octanol–water partition coefficient (Wildman–Crippen LogP) is 3.01. The molecule has 6 nitrogen and oxygen atoms in total. The highest BCUT2D eigenvalue weighted by molar-refractivity contribution is 6.11. The number of benzene rings is 2. The first-order chi connectivity index (χ1) is 14.0. The van der Waals surface area contributed by atoms with Crippen molar-refractivity contribution < 1.29 is 19.1 Å². The number of aromatic amines is 1. The summed E-state index contributed by atoms with van der Waals surface area (Å²) in [5.74, 6) is -1.34. The van der Waals surface area contributed by atoms with Gasteiger partial charge in [-0.1, -0.05) is 24.3 Å². The van der Waals surface area contributed by atoms with Gasteiger partial charge in [0, 0.05) is 44.3 Å². The Balaban J connectivity index is 1.38. The van der Waals surface area contributed by atoms with Crippen molar-refractivity contribution in [2.24, 2.45) is 0 Å². The summed E-state index contributed by atoms with van der Waals surface area (Å²) < 4.78 is 13.0. The molecule has 150 valence electrons. The molecule has 0 saturated carbocycles. The number of piperazine rings is 1. The molecule has 1 saturated heterocycles. The van der Waals surface area contributed by atoms with Crippen LogP contribution in [0.5, 0.6) is 0 Å². The van der Waals surface area contributed by atoms with Crippen LogP contribution >= 0.6 is 0 Å². The Morgan fingerprint density at radius 2 is 1.72 bits per heavy atom. The van der Waals surface area contributed by atoms with Gasteiger partial charge in [0.2, 0.25) is 0 Å². The number of carboxylic acids is 1. The van der Waals surface area contributed by atoms with E-state index >= 15 is 0 Å². The van der Waals surface area contributed by atoms with Crippen molar-refractivity contribution >= 4 is 22.8 Å². The Morgan fingerprint density at radius 1 is 1.00 bits per heavy atom. The number of nitrogens with zero attached hydrogens (tertiary/aromatic N) is 2. The van der Waals surface area contributed by atoms with Gasteiger partial charge in [0.25, 0.3) is 5.91 Å². The fraction of sp³-hybridized carbons (Fsp3) is 0.273. The minimum Gasteiger partial charge on any atom is -0.478 e. The molecule has 2 heterocycles. The number of H-pyrrole nitrogens is 1. The number of rotatable bonds is 5. The number of carbonyl (C=O) groups is 2. The van der Waals surface area contributed by atoms with Gasteiger partial charge in [-0.15, -0.1) is 0 Å². The summed E-state index contributed by atoms with van der Waals surface area (Å²) in [6.45, 7) is 3.64.